The van der Waals surface area contributed by atoms with E-state index in [2.05, 4.69) is 5.32 Å². The number of methoxy groups -OCH3 is 1. The highest BCUT2D eigenvalue weighted by Gasteiger charge is 2.11. The van der Waals surface area contributed by atoms with Crippen LogP contribution in [-0.2, 0) is 9.53 Å². The van der Waals surface area contributed by atoms with E-state index in [0.717, 1.165) is 23.8 Å². The number of nitro benzene ring substituents is 1. The number of nitrogens with zero attached hydrogens (tertiary/aromatic N) is 1. The fourth-order valence-electron chi connectivity index (χ4n) is 1.89. The molecule has 8 nitrogen and oxygen atoms in total. The number of benzene rings is 2. The van der Waals surface area contributed by atoms with Gasteiger partial charge >= 0.3 is 0 Å². The van der Waals surface area contributed by atoms with Crippen molar-refractivity contribution < 1.29 is 24.3 Å². The largest absolute Gasteiger partial charge is 0.506 e. The minimum absolute atomic E-state index is 0.0350. The van der Waals surface area contributed by atoms with E-state index in [1.54, 1.807) is 30.3 Å². The molecule has 2 aromatic rings. The standard InChI is InChI=1S/C17H16N2O6/c1-24-11-25-14-6-2-12(3-7-14)4-9-17(21)18-15-10-13(19(22)23)5-8-16(15)20/h2-10,20H,11H2,1H3,(H,18,21)/b9-4+. The molecule has 1 amide bonds. The van der Waals surface area contributed by atoms with E-state index in [9.17, 15) is 20.0 Å². The summed E-state index contributed by atoms with van der Waals surface area (Å²) in [6.45, 7) is 0.143. The summed E-state index contributed by atoms with van der Waals surface area (Å²) in [6.07, 6.45) is 2.81. The van der Waals surface area contributed by atoms with E-state index in [1.807, 2.05) is 0 Å². The Labute approximate surface area is 143 Å². The number of non-ortho nitro benzene ring substituents is 1. The highest BCUT2D eigenvalue weighted by Crippen LogP contribution is 2.27. The van der Waals surface area contributed by atoms with E-state index in [4.69, 9.17) is 9.47 Å². The highest BCUT2D eigenvalue weighted by atomic mass is 16.7. The summed E-state index contributed by atoms with van der Waals surface area (Å²) in [4.78, 5) is 22.0. The van der Waals surface area contributed by atoms with Gasteiger partial charge in [0.25, 0.3) is 5.69 Å². The Hall–Kier alpha value is -3.39. The molecule has 2 aromatic carbocycles. The highest BCUT2D eigenvalue weighted by molar-refractivity contribution is 6.02. The first-order valence-corrected chi connectivity index (χ1v) is 7.18. The molecule has 0 aliphatic heterocycles. The van der Waals surface area contributed by atoms with Crippen molar-refractivity contribution in [1.29, 1.82) is 0 Å². The van der Waals surface area contributed by atoms with Crippen LogP contribution < -0.4 is 10.1 Å². The van der Waals surface area contributed by atoms with Gasteiger partial charge in [-0.05, 0) is 29.8 Å². The Kier molecular flexibility index (Phi) is 6.08. The number of rotatable bonds is 7. The second-order valence-electron chi connectivity index (χ2n) is 4.90. The molecule has 0 saturated carbocycles. The predicted octanol–water partition coefficient (Wildman–Crippen LogP) is 2.94. The third kappa shape index (κ3) is 5.33. The smallest absolute Gasteiger partial charge is 0.271 e. The van der Waals surface area contributed by atoms with Crippen molar-refractivity contribution in [2.75, 3.05) is 19.2 Å². The quantitative estimate of drug-likeness (QED) is 0.263. The number of nitro groups is 1. The molecule has 0 aliphatic rings. The van der Waals surface area contributed by atoms with Gasteiger partial charge in [0.1, 0.15) is 11.5 Å². The van der Waals surface area contributed by atoms with Gasteiger partial charge in [-0.2, -0.15) is 0 Å². The van der Waals surface area contributed by atoms with Crippen LogP contribution in [0, 0.1) is 10.1 Å². The summed E-state index contributed by atoms with van der Waals surface area (Å²) in [6, 6.07) is 10.3. The number of phenols is 1. The van der Waals surface area contributed by atoms with Crippen LogP contribution in [0.5, 0.6) is 11.5 Å². The molecular weight excluding hydrogens is 328 g/mol. The van der Waals surface area contributed by atoms with Crippen LogP contribution in [-0.4, -0.2) is 29.8 Å². The number of carbonyl (C=O) groups is 1. The lowest BCUT2D eigenvalue weighted by Gasteiger charge is -2.05. The van der Waals surface area contributed by atoms with Gasteiger partial charge in [0.2, 0.25) is 5.91 Å². The van der Waals surface area contributed by atoms with Gasteiger partial charge in [0, 0.05) is 25.3 Å². The van der Waals surface area contributed by atoms with E-state index in [0.29, 0.717) is 5.75 Å². The number of hydrogen-bond acceptors (Lipinski definition) is 6. The molecule has 0 spiro atoms. The molecule has 0 saturated heterocycles. The lowest BCUT2D eigenvalue weighted by molar-refractivity contribution is -0.384. The fraction of sp³-hybridized carbons (Fsp3) is 0.118. The summed E-state index contributed by atoms with van der Waals surface area (Å²) in [5, 5.41) is 22.8. The van der Waals surface area contributed by atoms with Crippen molar-refractivity contribution in [1.82, 2.24) is 0 Å². The molecule has 0 unspecified atom stereocenters. The second kappa shape index (κ2) is 8.46. The average Bonchev–Trinajstić information content (AvgIpc) is 2.60. The zero-order valence-electron chi connectivity index (χ0n) is 13.3. The zero-order chi connectivity index (χ0) is 18.2. The van der Waals surface area contributed by atoms with Gasteiger partial charge in [-0.15, -0.1) is 0 Å². The summed E-state index contributed by atoms with van der Waals surface area (Å²) >= 11 is 0. The van der Waals surface area contributed by atoms with Gasteiger partial charge in [-0.25, -0.2) is 0 Å². The van der Waals surface area contributed by atoms with Gasteiger partial charge < -0.3 is 19.9 Å². The van der Waals surface area contributed by atoms with Crippen molar-refractivity contribution in [3.8, 4) is 11.5 Å². The van der Waals surface area contributed by atoms with E-state index in [-0.39, 0.29) is 23.9 Å². The van der Waals surface area contributed by atoms with Crippen LogP contribution in [0.1, 0.15) is 5.56 Å². The molecule has 2 rings (SSSR count). The van der Waals surface area contributed by atoms with Crippen LogP contribution in [0.4, 0.5) is 11.4 Å². The fourth-order valence-corrected chi connectivity index (χ4v) is 1.89. The van der Waals surface area contributed by atoms with E-state index >= 15 is 0 Å². The van der Waals surface area contributed by atoms with Crippen LogP contribution in [0.15, 0.2) is 48.5 Å². The first kappa shape index (κ1) is 18.0. The number of phenolic OH excluding ortho intramolecular Hbond substituents is 1. The maximum atomic E-state index is 11.9. The van der Waals surface area contributed by atoms with Crippen molar-refractivity contribution in [2.45, 2.75) is 0 Å². The first-order valence-electron chi connectivity index (χ1n) is 7.18. The molecule has 0 heterocycles. The second-order valence-corrected chi connectivity index (χ2v) is 4.90. The molecule has 0 atom stereocenters. The van der Waals surface area contributed by atoms with Gasteiger partial charge in [-0.1, -0.05) is 12.1 Å². The van der Waals surface area contributed by atoms with Crippen molar-refractivity contribution in [3.63, 3.8) is 0 Å². The number of aromatic hydroxyl groups is 1. The number of nitrogens with one attached hydrogen (secondary N) is 1. The van der Waals surface area contributed by atoms with Crippen molar-refractivity contribution in [2.24, 2.45) is 0 Å². The van der Waals surface area contributed by atoms with Crippen molar-refractivity contribution >= 4 is 23.4 Å². The molecule has 0 bridgehead atoms. The third-order valence-electron chi connectivity index (χ3n) is 3.10. The van der Waals surface area contributed by atoms with E-state index < -0.39 is 10.8 Å². The van der Waals surface area contributed by atoms with Gasteiger partial charge in [0.15, 0.2) is 6.79 Å². The van der Waals surface area contributed by atoms with Crippen LogP contribution in [0.3, 0.4) is 0 Å². The van der Waals surface area contributed by atoms with Gasteiger partial charge in [-0.3, -0.25) is 14.9 Å². The molecule has 8 heteroatoms. The predicted molar refractivity (Wildman–Crippen MR) is 91.4 cm³/mol. The Bertz CT molecular complexity index is 786. The number of anilines is 1. The van der Waals surface area contributed by atoms with Crippen molar-refractivity contribution in [3.05, 3.63) is 64.2 Å². The third-order valence-corrected chi connectivity index (χ3v) is 3.10. The first-order chi connectivity index (χ1) is 12.0. The lowest BCUT2D eigenvalue weighted by atomic mass is 10.2. The minimum atomic E-state index is -0.613. The Morgan fingerprint density at radius 3 is 2.64 bits per heavy atom. The molecule has 130 valence electrons. The summed E-state index contributed by atoms with van der Waals surface area (Å²) in [5.74, 6) is -0.160. The maximum absolute atomic E-state index is 11.9. The van der Waals surface area contributed by atoms with Gasteiger partial charge in [0.05, 0.1) is 10.6 Å². The zero-order valence-corrected chi connectivity index (χ0v) is 13.3. The average molecular weight is 344 g/mol. The maximum Gasteiger partial charge on any atom is 0.271 e. The number of carbonyl (C=O) groups excluding carboxylic acids is 1. The monoisotopic (exact) mass is 344 g/mol. The minimum Gasteiger partial charge on any atom is -0.506 e. The van der Waals surface area contributed by atoms with Crippen LogP contribution >= 0.6 is 0 Å². The molecule has 0 radical (unpaired) electrons. The molecule has 0 aliphatic carbocycles. The number of ether oxygens (including phenoxy) is 2. The summed E-state index contributed by atoms with van der Waals surface area (Å²) < 4.78 is 10.0. The lowest BCUT2D eigenvalue weighted by Crippen LogP contribution is -2.08. The summed E-state index contributed by atoms with van der Waals surface area (Å²) in [5.41, 5.74) is 0.485. The van der Waals surface area contributed by atoms with E-state index in [1.165, 1.54) is 13.2 Å². The van der Waals surface area contributed by atoms with Crippen LogP contribution in [0.25, 0.3) is 6.08 Å². The summed E-state index contributed by atoms with van der Waals surface area (Å²) in [7, 11) is 1.52. The molecule has 0 fully saturated rings. The normalized spacial score (nSPS) is 10.6. The van der Waals surface area contributed by atoms with Crippen LogP contribution in [0.2, 0.25) is 0 Å². The number of amides is 1. The Morgan fingerprint density at radius 2 is 2.00 bits per heavy atom. The molecule has 2 N–H and O–H groups in total. The SMILES string of the molecule is COCOc1ccc(/C=C/C(=O)Nc2cc([N+](=O)[O-])ccc2O)cc1. The molecule has 25 heavy (non-hydrogen) atoms. The molecular formula is C17H16N2O6. The molecule has 0 aromatic heterocycles. The Morgan fingerprint density at radius 1 is 1.28 bits per heavy atom. The Balaban J connectivity index is 2.01. The topological polar surface area (TPSA) is 111 Å². The number of hydrogen-bond donors (Lipinski definition) is 2.